The number of halogens is 1. The highest BCUT2D eigenvalue weighted by molar-refractivity contribution is 7.92. The number of rotatable bonds is 6. The number of hydrogen-bond donors (Lipinski definition) is 0. The van der Waals surface area contributed by atoms with Gasteiger partial charge in [-0.2, -0.15) is 0 Å². The number of amides is 1. The maximum absolute atomic E-state index is 13.4. The molecular formula is C23H30FN3O3S. The Morgan fingerprint density at radius 3 is 2.06 bits per heavy atom. The van der Waals surface area contributed by atoms with Crippen LogP contribution < -0.4 is 9.21 Å². The molecule has 1 aliphatic heterocycles. The van der Waals surface area contributed by atoms with Gasteiger partial charge in [-0.1, -0.05) is 13.0 Å². The second-order valence-electron chi connectivity index (χ2n) is 8.12. The summed E-state index contributed by atoms with van der Waals surface area (Å²) >= 11 is 0. The molecule has 0 spiro atoms. The molecule has 0 aliphatic carbocycles. The molecule has 168 valence electrons. The summed E-state index contributed by atoms with van der Waals surface area (Å²) in [4.78, 5) is 17.2. The van der Waals surface area contributed by atoms with Crippen LogP contribution in [0.5, 0.6) is 0 Å². The van der Waals surface area contributed by atoms with E-state index in [1.54, 1.807) is 29.2 Å². The van der Waals surface area contributed by atoms with E-state index in [2.05, 4.69) is 4.90 Å². The maximum atomic E-state index is 13.4. The predicted molar refractivity (Wildman–Crippen MR) is 123 cm³/mol. The summed E-state index contributed by atoms with van der Waals surface area (Å²) in [5.41, 5.74) is 3.32. The van der Waals surface area contributed by atoms with Crippen molar-refractivity contribution in [2.24, 2.45) is 0 Å². The van der Waals surface area contributed by atoms with Gasteiger partial charge in [-0.15, -0.1) is 0 Å². The van der Waals surface area contributed by atoms with Gasteiger partial charge >= 0.3 is 0 Å². The van der Waals surface area contributed by atoms with Crippen LogP contribution in [0, 0.1) is 19.7 Å². The topological polar surface area (TPSA) is 60.9 Å². The average molecular weight is 448 g/mol. The summed E-state index contributed by atoms with van der Waals surface area (Å²) in [7, 11) is -3.66. The summed E-state index contributed by atoms with van der Waals surface area (Å²) in [6.07, 6.45) is 1.52. The first-order chi connectivity index (χ1) is 14.6. The quantitative estimate of drug-likeness (QED) is 0.682. The molecule has 0 unspecified atom stereocenters. The fraction of sp³-hybridized carbons (Fsp3) is 0.435. The van der Waals surface area contributed by atoms with Gasteiger partial charge in [0, 0.05) is 31.9 Å². The summed E-state index contributed by atoms with van der Waals surface area (Å²) in [5, 5.41) is 0. The number of aryl methyl sites for hydroxylation is 2. The Labute approximate surface area is 184 Å². The van der Waals surface area contributed by atoms with Crippen LogP contribution in [0.3, 0.4) is 0 Å². The number of carbonyl (C=O) groups excluding carboxylic acids is 1. The van der Waals surface area contributed by atoms with Gasteiger partial charge in [-0.25, -0.2) is 12.8 Å². The van der Waals surface area contributed by atoms with Crippen LogP contribution in [0.15, 0.2) is 42.5 Å². The lowest BCUT2D eigenvalue weighted by atomic mass is 10.1. The monoisotopic (exact) mass is 447 g/mol. The van der Waals surface area contributed by atoms with Crippen molar-refractivity contribution < 1.29 is 17.6 Å². The van der Waals surface area contributed by atoms with Crippen LogP contribution in [0.1, 0.15) is 24.5 Å². The van der Waals surface area contributed by atoms with E-state index in [1.807, 2.05) is 26.8 Å². The lowest BCUT2D eigenvalue weighted by Crippen LogP contribution is -2.56. The van der Waals surface area contributed by atoms with Gasteiger partial charge in [-0.05, 0) is 67.8 Å². The minimum absolute atomic E-state index is 0.189. The number of anilines is 2. The van der Waals surface area contributed by atoms with Gasteiger partial charge in [0.05, 0.1) is 11.9 Å². The van der Waals surface area contributed by atoms with E-state index in [0.29, 0.717) is 38.3 Å². The fourth-order valence-electron chi connectivity index (χ4n) is 4.17. The van der Waals surface area contributed by atoms with Crippen molar-refractivity contribution in [1.82, 2.24) is 4.90 Å². The minimum atomic E-state index is -3.66. The van der Waals surface area contributed by atoms with Crippen LogP contribution in [0.4, 0.5) is 15.8 Å². The number of benzene rings is 2. The summed E-state index contributed by atoms with van der Waals surface area (Å²) < 4.78 is 39.9. The molecule has 2 aromatic carbocycles. The zero-order valence-corrected chi connectivity index (χ0v) is 19.3. The Hall–Kier alpha value is -2.61. The van der Waals surface area contributed by atoms with Crippen LogP contribution >= 0.6 is 0 Å². The number of carbonyl (C=O) groups is 1. The van der Waals surface area contributed by atoms with Crippen molar-refractivity contribution in [3.05, 3.63) is 59.4 Å². The number of piperazine rings is 1. The van der Waals surface area contributed by atoms with E-state index in [9.17, 15) is 17.6 Å². The third-order valence-electron chi connectivity index (χ3n) is 5.56. The Kier molecular flexibility index (Phi) is 6.89. The van der Waals surface area contributed by atoms with Crippen molar-refractivity contribution in [1.29, 1.82) is 0 Å². The zero-order chi connectivity index (χ0) is 22.8. The molecule has 1 aliphatic rings. The maximum Gasteiger partial charge on any atom is 0.246 e. The van der Waals surface area contributed by atoms with Gasteiger partial charge in [-0.3, -0.25) is 9.10 Å². The summed E-state index contributed by atoms with van der Waals surface area (Å²) in [5.74, 6) is -0.471. The third-order valence-corrected chi connectivity index (χ3v) is 6.74. The fourth-order valence-corrected chi connectivity index (χ4v) is 5.36. The van der Waals surface area contributed by atoms with Crippen LogP contribution in [0.2, 0.25) is 0 Å². The molecule has 1 heterocycles. The molecule has 31 heavy (non-hydrogen) atoms. The number of hydrogen-bond acceptors (Lipinski definition) is 4. The molecule has 1 saturated heterocycles. The van der Waals surface area contributed by atoms with Crippen molar-refractivity contribution in [3.8, 4) is 0 Å². The van der Waals surface area contributed by atoms with Crippen molar-refractivity contribution in [2.75, 3.05) is 41.6 Å². The molecule has 3 rings (SSSR count). The molecule has 0 saturated carbocycles. The Morgan fingerprint density at radius 2 is 1.58 bits per heavy atom. The average Bonchev–Trinajstić information content (AvgIpc) is 2.70. The second kappa shape index (κ2) is 9.26. The first kappa shape index (κ1) is 23.1. The Morgan fingerprint density at radius 1 is 1.03 bits per heavy atom. The minimum Gasteiger partial charge on any atom is -0.368 e. The number of nitrogens with zero attached hydrogens (tertiary/aromatic N) is 3. The van der Waals surface area contributed by atoms with E-state index in [1.165, 1.54) is 16.4 Å². The highest BCUT2D eigenvalue weighted by atomic mass is 32.2. The highest BCUT2D eigenvalue weighted by Crippen LogP contribution is 2.26. The largest absolute Gasteiger partial charge is 0.368 e. The molecule has 1 fully saturated rings. The Balaban J connectivity index is 1.80. The molecule has 6 nitrogen and oxygen atoms in total. The normalized spacial score (nSPS) is 15.6. The van der Waals surface area contributed by atoms with Gasteiger partial charge in [0.2, 0.25) is 15.9 Å². The van der Waals surface area contributed by atoms with Crippen LogP contribution in [-0.2, 0) is 14.8 Å². The molecule has 0 aromatic heterocycles. The van der Waals surface area contributed by atoms with Gasteiger partial charge in [0.15, 0.2) is 0 Å². The first-order valence-corrected chi connectivity index (χ1v) is 12.3. The van der Waals surface area contributed by atoms with E-state index in [0.717, 1.165) is 23.1 Å². The lowest BCUT2D eigenvalue weighted by molar-refractivity contribution is -0.132. The molecule has 0 bridgehead atoms. The van der Waals surface area contributed by atoms with Crippen LogP contribution in [0.25, 0.3) is 0 Å². The van der Waals surface area contributed by atoms with Gasteiger partial charge in [0.25, 0.3) is 0 Å². The third kappa shape index (κ3) is 5.36. The molecule has 2 aromatic rings. The standard InChI is InChI=1S/C23H30FN3O3S/c1-5-22(27(31(4,29)30)21-15-17(2)14-18(3)16-21)23(28)26-12-10-25(11-13-26)20-8-6-19(24)7-9-20/h6-9,14-16,22H,5,10-13H2,1-4H3/t22-/m1/s1. The van der Waals surface area contributed by atoms with Crippen molar-refractivity contribution >= 4 is 27.3 Å². The lowest BCUT2D eigenvalue weighted by Gasteiger charge is -2.39. The van der Waals surface area contributed by atoms with E-state index < -0.39 is 16.1 Å². The molecule has 0 radical (unpaired) electrons. The van der Waals surface area contributed by atoms with Crippen molar-refractivity contribution in [2.45, 2.75) is 33.2 Å². The van der Waals surface area contributed by atoms with E-state index in [-0.39, 0.29) is 11.7 Å². The van der Waals surface area contributed by atoms with E-state index >= 15 is 0 Å². The van der Waals surface area contributed by atoms with Crippen LogP contribution in [-0.4, -0.2) is 57.7 Å². The molecule has 1 atom stereocenters. The van der Waals surface area contributed by atoms with Gasteiger partial charge in [0.1, 0.15) is 11.9 Å². The first-order valence-electron chi connectivity index (χ1n) is 10.5. The zero-order valence-electron chi connectivity index (χ0n) is 18.5. The summed E-state index contributed by atoms with van der Waals surface area (Å²) in [6, 6.07) is 11.1. The van der Waals surface area contributed by atoms with Crippen molar-refractivity contribution in [3.63, 3.8) is 0 Å². The molecule has 0 N–H and O–H groups in total. The smallest absolute Gasteiger partial charge is 0.246 e. The highest BCUT2D eigenvalue weighted by Gasteiger charge is 2.35. The molecular weight excluding hydrogens is 417 g/mol. The summed E-state index contributed by atoms with van der Waals surface area (Å²) in [6.45, 7) is 7.84. The predicted octanol–water partition coefficient (Wildman–Crippen LogP) is 3.34. The van der Waals surface area contributed by atoms with Gasteiger partial charge < -0.3 is 9.80 Å². The Bertz CT molecular complexity index is 1010. The number of sulfonamides is 1. The van der Waals surface area contributed by atoms with E-state index in [4.69, 9.17) is 0 Å². The SMILES string of the molecule is CC[C@H](C(=O)N1CCN(c2ccc(F)cc2)CC1)N(c1cc(C)cc(C)c1)S(C)(=O)=O. The molecule has 1 amide bonds. The second-order valence-corrected chi connectivity index (χ2v) is 9.98. The molecule has 8 heteroatoms.